The molecule has 0 aromatic carbocycles. The van der Waals surface area contributed by atoms with Crippen LogP contribution in [0.25, 0.3) is 0 Å². The highest BCUT2D eigenvalue weighted by atomic mass is 16.5. The largest absolute Gasteiger partial charge is 0.474 e. The minimum Gasteiger partial charge on any atom is -0.474 e. The number of ether oxygens (including phenoxy) is 1. The van der Waals surface area contributed by atoms with Crippen LogP contribution < -0.4 is 10.1 Å². The predicted molar refractivity (Wildman–Crippen MR) is 85.3 cm³/mol. The van der Waals surface area contributed by atoms with E-state index in [1.807, 2.05) is 6.92 Å². The summed E-state index contributed by atoms with van der Waals surface area (Å²) in [5.74, 6) is 1.44. The lowest BCUT2D eigenvalue weighted by molar-refractivity contribution is 0.183. The summed E-state index contributed by atoms with van der Waals surface area (Å²) in [5, 5.41) is 3.45. The van der Waals surface area contributed by atoms with Crippen molar-refractivity contribution in [3.05, 3.63) is 22.9 Å². The highest BCUT2D eigenvalue weighted by Crippen LogP contribution is 2.23. The van der Waals surface area contributed by atoms with Crippen molar-refractivity contribution in [1.29, 1.82) is 0 Å². The molecular weight excluding hydrogens is 248 g/mol. The van der Waals surface area contributed by atoms with Crippen LogP contribution in [0.1, 0.15) is 57.4 Å². The summed E-state index contributed by atoms with van der Waals surface area (Å²) in [5.41, 5.74) is 3.47. The average Bonchev–Trinajstić information content (AvgIpc) is 2.31. The first kappa shape index (κ1) is 17.0. The number of aromatic nitrogens is 1. The fourth-order valence-corrected chi connectivity index (χ4v) is 2.43. The third-order valence-electron chi connectivity index (χ3n) is 3.28. The zero-order valence-electron chi connectivity index (χ0n) is 13.9. The van der Waals surface area contributed by atoms with E-state index in [1.165, 1.54) is 11.1 Å². The van der Waals surface area contributed by atoms with Crippen molar-refractivity contribution in [2.45, 2.75) is 67.0 Å². The topological polar surface area (TPSA) is 34.2 Å². The van der Waals surface area contributed by atoms with Crippen molar-refractivity contribution in [2.24, 2.45) is 5.92 Å². The van der Waals surface area contributed by atoms with Crippen LogP contribution in [0.5, 0.6) is 5.88 Å². The summed E-state index contributed by atoms with van der Waals surface area (Å²) in [6.07, 6.45) is 2.39. The number of hydrogen-bond donors (Lipinski definition) is 1. The Hall–Kier alpha value is -1.09. The van der Waals surface area contributed by atoms with Crippen molar-refractivity contribution in [2.75, 3.05) is 6.54 Å². The van der Waals surface area contributed by atoms with Gasteiger partial charge in [-0.3, -0.25) is 0 Å². The molecule has 3 heteroatoms. The molecule has 0 saturated carbocycles. The van der Waals surface area contributed by atoms with Gasteiger partial charge in [0.15, 0.2) is 0 Å². The quantitative estimate of drug-likeness (QED) is 0.730. The van der Waals surface area contributed by atoms with Crippen LogP contribution in [0, 0.1) is 19.8 Å². The molecule has 1 atom stereocenters. The Balaban J connectivity index is 2.85. The molecule has 0 aliphatic rings. The van der Waals surface area contributed by atoms with Crippen molar-refractivity contribution in [3.63, 3.8) is 0 Å². The second kappa shape index (κ2) is 8.25. The maximum Gasteiger partial charge on any atom is 0.218 e. The van der Waals surface area contributed by atoms with Crippen molar-refractivity contribution in [1.82, 2.24) is 10.3 Å². The minimum atomic E-state index is 0.202. The molecule has 1 N–H and O–H groups in total. The van der Waals surface area contributed by atoms with Crippen LogP contribution >= 0.6 is 0 Å². The lowest BCUT2D eigenvalue weighted by Gasteiger charge is -2.20. The van der Waals surface area contributed by atoms with Gasteiger partial charge in [-0.25, -0.2) is 4.98 Å². The summed E-state index contributed by atoms with van der Waals surface area (Å²) in [6, 6.07) is 2.13. The van der Waals surface area contributed by atoms with Gasteiger partial charge in [0.05, 0.1) is 6.10 Å². The Kier molecular flexibility index (Phi) is 7.00. The Bertz CT molecular complexity index is 416. The van der Waals surface area contributed by atoms with Crippen LogP contribution in [0.15, 0.2) is 6.07 Å². The maximum atomic E-state index is 6.10. The van der Waals surface area contributed by atoms with Crippen molar-refractivity contribution in [3.8, 4) is 5.88 Å². The lowest BCUT2D eigenvalue weighted by atomic mass is 10.1. The number of aryl methyl sites for hydroxylation is 2. The van der Waals surface area contributed by atoms with Gasteiger partial charge in [-0.1, -0.05) is 20.8 Å². The molecular formula is C17H30N2O. The molecule has 0 bridgehead atoms. The summed E-state index contributed by atoms with van der Waals surface area (Å²) in [7, 11) is 0. The van der Waals surface area contributed by atoms with E-state index in [4.69, 9.17) is 4.74 Å². The fourth-order valence-electron chi connectivity index (χ4n) is 2.43. The van der Waals surface area contributed by atoms with E-state index < -0.39 is 0 Å². The van der Waals surface area contributed by atoms with Crippen LogP contribution in [-0.2, 0) is 6.54 Å². The van der Waals surface area contributed by atoms with Crippen molar-refractivity contribution >= 4 is 0 Å². The Morgan fingerprint density at radius 1 is 1.25 bits per heavy atom. The summed E-state index contributed by atoms with van der Waals surface area (Å²) >= 11 is 0. The first-order valence-corrected chi connectivity index (χ1v) is 7.78. The number of hydrogen-bond acceptors (Lipinski definition) is 3. The Morgan fingerprint density at radius 2 is 1.95 bits per heavy atom. The van der Waals surface area contributed by atoms with E-state index in [2.05, 4.69) is 51.0 Å². The van der Waals surface area contributed by atoms with Gasteiger partial charge in [0.2, 0.25) is 5.88 Å². The zero-order valence-corrected chi connectivity index (χ0v) is 13.9. The summed E-state index contributed by atoms with van der Waals surface area (Å²) in [4.78, 5) is 4.60. The van der Waals surface area contributed by atoms with Gasteiger partial charge < -0.3 is 10.1 Å². The van der Waals surface area contributed by atoms with E-state index in [0.29, 0.717) is 5.92 Å². The molecule has 0 fully saturated rings. The molecule has 1 rings (SSSR count). The Labute approximate surface area is 124 Å². The molecule has 0 aliphatic carbocycles. The molecule has 114 valence electrons. The number of pyridine rings is 1. The van der Waals surface area contributed by atoms with Gasteiger partial charge >= 0.3 is 0 Å². The number of nitrogens with zero attached hydrogens (tertiary/aromatic N) is 1. The average molecular weight is 278 g/mol. The van der Waals surface area contributed by atoms with E-state index in [-0.39, 0.29) is 6.10 Å². The van der Waals surface area contributed by atoms with Crippen LogP contribution in [0.3, 0.4) is 0 Å². The summed E-state index contributed by atoms with van der Waals surface area (Å²) in [6.45, 7) is 14.8. The van der Waals surface area contributed by atoms with E-state index in [1.54, 1.807) is 0 Å². The minimum absolute atomic E-state index is 0.202. The number of nitrogens with one attached hydrogen (secondary N) is 1. The maximum absolute atomic E-state index is 6.10. The molecule has 0 amide bonds. The Morgan fingerprint density at radius 3 is 2.55 bits per heavy atom. The van der Waals surface area contributed by atoms with E-state index >= 15 is 0 Å². The first-order valence-electron chi connectivity index (χ1n) is 7.78. The molecule has 1 aromatic rings. The summed E-state index contributed by atoms with van der Waals surface area (Å²) < 4.78 is 6.10. The van der Waals surface area contributed by atoms with Gasteiger partial charge in [0.1, 0.15) is 0 Å². The molecule has 0 spiro atoms. The first-order chi connectivity index (χ1) is 9.43. The van der Waals surface area contributed by atoms with E-state index in [0.717, 1.165) is 37.5 Å². The zero-order chi connectivity index (χ0) is 15.1. The smallest absolute Gasteiger partial charge is 0.218 e. The molecule has 20 heavy (non-hydrogen) atoms. The van der Waals surface area contributed by atoms with Crippen molar-refractivity contribution < 1.29 is 4.74 Å². The van der Waals surface area contributed by atoms with Gasteiger partial charge in [-0.2, -0.15) is 0 Å². The third-order valence-corrected chi connectivity index (χ3v) is 3.28. The van der Waals surface area contributed by atoms with Crippen LogP contribution in [0.2, 0.25) is 0 Å². The molecule has 1 unspecified atom stereocenters. The standard InChI is InChI=1S/C17H30N2O/c1-7-8-18-11-16-13(4)10-14(5)19-17(16)20-15(6)9-12(2)3/h10,12,15,18H,7-9,11H2,1-6H3. The molecule has 0 aliphatic heterocycles. The second-order valence-corrected chi connectivity index (χ2v) is 6.10. The van der Waals surface area contributed by atoms with Gasteiger partial charge in [0, 0.05) is 17.8 Å². The van der Waals surface area contributed by atoms with Crippen LogP contribution in [0.4, 0.5) is 0 Å². The molecule has 1 heterocycles. The van der Waals surface area contributed by atoms with Crippen LogP contribution in [-0.4, -0.2) is 17.6 Å². The highest BCUT2D eigenvalue weighted by Gasteiger charge is 2.14. The van der Waals surface area contributed by atoms with Gasteiger partial charge in [-0.15, -0.1) is 0 Å². The molecule has 0 saturated heterocycles. The second-order valence-electron chi connectivity index (χ2n) is 6.10. The normalized spacial score (nSPS) is 12.8. The number of rotatable bonds is 8. The lowest BCUT2D eigenvalue weighted by Crippen LogP contribution is -2.20. The highest BCUT2D eigenvalue weighted by molar-refractivity contribution is 5.36. The fraction of sp³-hybridized carbons (Fsp3) is 0.706. The monoisotopic (exact) mass is 278 g/mol. The van der Waals surface area contributed by atoms with Gasteiger partial charge in [0.25, 0.3) is 0 Å². The van der Waals surface area contributed by atoms with Gasteiger partial charge in [-0.05, 0) is 57.7 Å². The SMILES string of the molecule is CCCNCc1c(C)cc(C)nc1OC(C)CC(C)C. The molecule has 1 aromatic heterocycles. The van der Waals surface area contributed by atoms with E-state index in [9.17, 15) is 0 Å². The molecule has 0 radical (unpaired) electrons. The predicted octanol–water partition coefficient (Wildman–Crippen LogP) is 4.01. The molecule has 3 nitrogen and oxygen atoms in total. The third kappa shape index (κ3) is 5.49.